The molecule has 2 rings (SSSR count). The highest BCUT2D eigenvalue weighted by Gasteiger charge is 2.39. The molecule has 0 saturated carbocycles. The van der Waals surface area contributed by atoms with Crippen molar-refractivity contribution in [1.82, 2.24) is 0 Å². The number of anilines is 1. The summed E-state index contributed by atoms with van der Waals surface area (Å²) in [5.74, 6) is -0.129. The number of Topliss-reactive ketones (excluding diaryl/α,β-unsaturated/α-hetero) is 1. The second-order valence-electron chi connectivity index (χ2n) is 5.27. The van der Waals surface area contributed by atoms with Gasteiger partial charge in [-0.05, 0) is 38.1 Å². The molecule has 0 bridgehead atoms. The van der Waals surface area contributed by atoms with Crippen LogP contribution in [0, 0.1) is 5.92 Å². The molecule has 2 unspecified atom stereocenters. The SMILES string of the molecule is CCOC(=O)C1C(C)C(=O)C(C)=CN1c1ccc(OC)cc1. The molecule has 118 valence electrons. The quantitative estimate of drug-likeness (QED) is 0.800. The van der Waals surface area contributed by atoms with E-state index in [9.17, 15) is 9.59 Å². The number of carbonyl (C=O) groups is 2. The minimum absolute atomic E-state index is 0.0252. The van der Waals surface area contributed by atoms with Gasteiger partial charge in [0.1, 0.15) is 11.8 Å². The molecule has 0 amide bonds. The van der Waals surface area contributed by atoms with Crippen LogP contribution in [0.25, 0.3) is 0 Å². The third-order valence-corrected chi connectivity index (χ3v) is 3.81. The van der Waals surface area contributed by atoms with E-state index in [4.69, 9.17) is 9.47 Å². The summed E-state index contributed by atoms with van der Waals surface area (Å²) >= 11 is 0. The Morgan fingerprint density at radius 3 is 2.45 bits per heavy atom. The van der Waals surface area contributed by atoms with E-state index in [-0.39, 0.29) is 18.4 Å². The van der Waals surface area contributed by atoms with E-state index in [0.29, 0.717) is 5.57 Å². The van der Waals surface area contributed by atoms with Crippen LogP contribution in [0.15, 0.2) is 36.0 Å². The van der Waals surface area contributed by atoms with Gasteiger partial charge < -0.3 is 14.4 Å². The maximum Gasteiger partial charge on any atom is 0.329 e. The Balaban J connectivity index is 2.42. The summed E-state index contributed by atoms with van der Waals surface area (Å²) in [5.41, 5.74) is 1.45. The highest BCUT2D eigenvalue weighted by atomic mass is 16.5. The number of methoxy groups -OCH3 is 1. The molecule has 0 aromatic heterocycles. The molecule has 1 aromatic rings. The molecule has 1 aliphatic rings. The second kappa shape index (κ2) is 6.64. The summed E-state index contributed by atoms with van der Waals surface area (Å²) in [6.07, 6.45) is 1.71. The molecule has 0 fully saturated rings. The van der Waals surface area contributed by atoms with Crippen LogP contribution in [0.3, 0.4) is 0 Å². The number of benzene rings is 1. The van der Waals surface area contributed by atoms with Gasteiger partial charge in [-0.25, -0.2) is 4.79 Å². The molecule has 2 atom stereocenters. The minimum atomic E-state index is -0.649. The van der Waals surface area contributed by atoms with Gasteiger partial charge in [-0.2, -0.15) is 0 Å². The van der Waals surface area contributed by atoms with Gasteiger partial charge in [0.05, 0.1) is 19.6 Å². The molecule has 5 heteroatoms. The second-order valence-corrected chi connectivity index (χ2v) is 5.27. The van der Waals surface area contributed by atoms with Crippen molar-refractivity contribution in [3.63, 3.8) is 0 Å². The van der Waals surface area contributed by atoms with Crippen LogP contribution in [-0.2, 0) is 14.3 Å². The van der Waals surface area contributed by atoms with Gasteiger partial charge >= 0.3 is 5.97 Å². The summed E-state index contributed by atoms with van der Waals surface area (Å²) in [6.45, 7) is 5.56. The van der Waals surface area contributed by atoms with Crippen LogP contribution in [0.4, 0.5) is 5.69 Å². The predicted octanol–water partition coefficient (Wildman–Crippen LogP) is 2.56. The van der Waals surface area contributed by atoms with Crippen molar-refractivity contribution >= 4 is 17.4 Å². The minimum Gasteiger partial charge on any atom is -0.497 e. The third-order valence-electron chi connectivity index (χ3n) is 3.81. The van der Waals surface area contributed by atoms with E-state index in [2.05, 4.69) is 0 Å². The number of esters is 1. The van der Waals surface area contributed by atoms with E-state index in [1.807, 2.05) is 24.3 Å². The van der Waals surface area contributed by atoms with Crippen molar-refractivity contribution in [2.24, 2.45) is 5.92 Å². The summed E-state index contributed by atoms with van der Waals surface area (Å²) in [7, 11) is 1.60. The fourth-order valence-electron chi connectivity index (χ4n) is 2.63. The maximum atomic E-state index is 12.3. The largest absolute Gasteiger partial charge is 0.497 e. The number of carbonyl (C=O) groups excluding carboxylic acids is 2. The molecule has 0 saturated heterocycles. The van der Waals surface area contributed by atoms with E-state index >= 15 is 0 Å². The maximum absolute atomic E-state index is 12.3. The predicted molar refractivity (Wildman–Crippen MR) is 83.8 cm³/mol. The van der Waals surface area contributed by atoms with Crippen LogP contribution in [0.2, 0.25) is 0 Å². The summed E-state index contributed by atoms with van der Waals surface area (Å²) in [6, 6.07) is 6.71. The molecule has 1 aromatic carbocycles. The number of hydrogen-bond acceptors (Lipinski definition) is 5. The van der Waals surface area contributed by atoms with Gasteiger partial charge in [0.25, 0.3) is 0 Å². The Kier molecular flexibility index (Phi) is 4.85. The Morgan fingerprint density at radius 1 is 1.27 bits per heavy atom. The lowest BCUT2D eigenvalue weighted by molar-refractivity contribution is -0.147. The lowest BCUT2D eigenvalue weighted by atomic mass is 9.88. The van der Waals surface area contributed by atoms with Crippen molar-refractivity contribution in [2.75, 3.05) is 18.6 Å². The number of hydrogen-bond donors (Lipinski definition) is 0. The van der Waals surface area contributed by atoms with Gasteiger partial charge in [-0.1, -0.05) is 6.92 Å². The van der Waals surface area contributed by atoms with Crippen LogP contribution in [0.1, 0.15) is 20.8 Å². The summed E-state index contributed by atoms with van der Waals surface area (Å²) < 4.78 is 10.3. The van der Waals surface area contributed by atoms with E-state index in [1.54, 1.807) is 39.0 Å². The fourth-order valence-corrected chi connectivity index (χ4v) is 2.63. The number of ketones is 1. The molecule has 1 aliphatic heterocycles. The van der Waals surface area contributed by atoms with Crippen molar-refractivity contribution in [3.8, 4) is 5.75 Å². The number of ether oxygens (including phenoxy) is 2. The Bertz CT molecular complexity index is 591. The molecular weight excluding hydrogens is 282 g/mol. The zero-order valence-electron chi connectivity index (χ0n) is 13.3. The van der Waals surface area contributed by atoms with E-state index in [1.165, 1.54) is 0 Å². The molecule has 0 N–H and O–H groups in total. The van der Waals surface area contributed by atoms with Crippen LogP contribution >= 0.6 is 0 Å². The highest BCUT2D eigenvalue weighted by Crippen LogP contribution is 2.30. The van der Waals surface area contributed by atoms with Crippen LogP contribution < -0.4 is 9.64 Å². The van der Waals surface area contributed by atoms with Gasteiger partial charge in [-0.15, -0.1) is 0 Å². The monoisotopic (exact) mass is 303 g/mol. The molecule has 0 spiro atoms. The molecule has 5 nitrogen and oxygen atoms in total. The number of allylic oxidation sites excluding steroid dienone is 1. The third kappa shape index (κ3) is 2.98. The van der Waals surface area contributed by atoms with Crippen LogP contribution in [0.5, 0.6) is 5.75 Å². The summed E-state index contributed by atoms with van der Waals surface area (Å²) in [4.78, 5) is 26.3. The van der Waals surface area contributed by atoms with Gasteiger partial charge in [0.15, 0.2) is 5.78 Å². The molecule has 0 radical (unpaired) electrons. The lowest BCUT2D eigenvalue weighted by Crippen LogP contribution is -2.49. The summed E-state index contributed by atoms with van der Waals surface area (Å²) in [5, 5.41) is 0. The average molecular weight is 303 g/mol. The number of nitrogens with zero attached hydrogens (tertiary/aromatic N) is 1. The Hall–Kier alpha value is -2.30. The lowest BCUT2D eigenvalue weighted by Gasteiger charge is -2.36. The first kappa shape index (κ1) is 16.1. The standard InChI is InChI=1S/C17H21NO4/c1-5-22-17(20)15-12(3)16(19)11(2)10-18(15)13-6-8-14(21-4)9-7-13/h6-10,12,15H,5H2,1-4H3. The van der Waals surface area contributed by atoms with Crippen molar-refractivity contribution in [1.29, 1.82) is 0 Å². The van der Waals surface area contributed by atoms with Gasteiger partial charge in [0.2, 0.25) is 0 Å². The smallest absolute Gasteiger partial charge is 0.329 e. The topological polar surface area (TPSA) is 55.8 Å². The van der Waals surface area contributed by atoms with Crippen molar-refractivity contribution in [3.05, 3.63) is 36.0 Å². The van der Waals surface area contributed by atoms with E-state index < -0.39 is 12.0 Å². The van der Waals surface area contributed by atoms with Gasteiger partial charge in [-0.3, -0.25) is 4.79 Å². The van der Waals surface area contributed by atoms with E-state index in [0.717, 1.165) is 11.4 Å². The molecule has 0 aliphatic carbocycles. The molecular formula is C17H21NO4. The molecule has 1 heterocycles. The van der Waals surface area contributed by atoms with Crippen molar-refractivity contribution in [2.45, 2.75) is 26.8 Å². The first-order valence-corrected chi connectivity index (χ1v) is 7.31. The fraction of sp³-hybridized carbons (Fsp3) is 0.412. The first-order chi connectivity index (χ1) is 10.5. The Labute approximate surface area is 130 Å². The Morgan fingerprint density at radius 2 is 1.91 bits per heavy atom. The zero-order chi connectivity index (χ0) is 16.3. The zero-order valence-corrected chi connectivity index (χ0v) is 13.3. The first-order valence-electron chi connectivity index (χ1n) is 7.31. The number of rotatable bonds is 4. The normalized spacial score (nSPS) is 21.4. The highest BCUT2D eigenvalue weighted by molar-refractivity contribution is 6.03. The van der Waals surface area contributed by atoms with Crippen LogP contribution in [-0.4, -0.2) is 31.5 Å². The average Bonchev–Trinajstić information content (AvgIpc) is 2.52. The van der Waals surface area contributed by atoms with Crippen molar-refractivity contribution < 1.29 is 19.1 Å². The molecule has 22 heavy (non-hydrogen) atoms. The van der Waals surface area contributed by atoms with Gasteiger partial charge in [0, 0.05) is 17.5 Å².